The molecule has 0 spiro atoms. The number of amidine groups is 2. The van der Waals surface area contributed by atoms with Gasteiger partial charge in [-0.3, -0.25) is 5.43 Å². The quantitative estimate of drug-likeness (QED) is 0.718. The number of aromatic nitrogens is 1. The predicted molar refractivity (Wildman–Crippen MR) is 80.5 cm³/mol. The number of hydrogen-bond acceptors (Lipinski definition) is 9. The SMILES string of the molecule is COc1ccc2sc(NN=C3C(N)=NN=C3N)nc2c1. The molecular formula is C11H11N7OS. The Kier molecular flexibility index (Phi) is 2.95. The number of ether oxygens (including phenoxy) is 1. The maximum absolute atomic E-state index is 5.60. The largest absolute Gasteiger partial charge is 0.497 e. The lowest BCUT2D eigenvalue weighted by molar-refractivity contribution is 0.415. The Morgan fingerprint density at radius 3 is 2.70 bits per heavy atom. The fourth-order valence-corrected chi connectivity index (χ4v) is 2.42. The van der Waals surface area contributed by atoms with Gasteiger partial charge in [0.2, 0.25) is 5.13 Å². The van der Waals surface area contributed by atoms with Gasteiger partial charge in [0.15, 0.2) is 17.4 Å². The molecule has 1 aliphatic rings. The second-order valence-electron chi connectivity index (χ2n) is 3.90. The van der Waals surface area contributed by atoms with Crippen molar-refractivity contribution < 1.29 is 4.74 Å². The molecule has 0 bridgehead atoms. The summed E-state index contributed by atoms with van der Waals surface area (Å²) in [6.07, 6.45) is 0. The molecule has 5 N–H and O–H groups in total. The van der Waals surface area contributed by atoms with Crippen LogP contribution in [0.15, 0.2) is 33.5 Å². The first-order valence-electron chi connectivity index (χ1n) is 5.63. The van der Waals surface area contributed by atoms with Gasteiger partial charge in [-0.1, -0.05) is 11.3 Å². The molecule has 0 atom stereocenters. The first-order valence-corrected chi connectivity index (χ1v) is 6.44. The molecule has 0 unspecified atom stereocenters. The van der Waals surface area contributed by atoms with E-state index in [9.17, 15) is 0 Å². The van der Waals surface area contributed by atoms with Crippen molar-refractivity contribution >= 4 is 44.1 Å². The van der Waals surface area contributed by atoms with E-state index >= 15 is 0 Å². The standard InChI is InChI=1S/C11H11N7OS/c1-19-5-2-3-7-6(4-5)14-11(20-7)18-15-8-9(12)16-17-10(8)13/h2-4H,1H3,(H,14,18)(H4,12,13,15,16,17). The number of rotatable bonds is 3. The molecule has 1 aliphatic heterocycles. The Hall–Kier alpha value is -2.68. The normalized spacial score (nSPS) is 14.2. The number of thiazole rings is 1. The van der Waals surface area contributed by atoms with E-state index in [-0.39, 0.29) is 11.7 Å². The van der Waals surface area contributed by atoms with Crippen molar-refractivity contribution in [2.75, 3.05) is 12.5 Å². The number of anilines is 1. The topological polar surface area (TPSA) is 123 Å². The number of nitrogens with two attached hydrogens (primary N) is 2. The van der Waals surface area contributed by atoms with Crippen molar-refractivity contribution in [1.82, 2.24) is 4.98 Å². The Morgan fingerprint density at radius 1 is 1.25 bits per heavy atom. The fraction of sp³-hybridized carbons (Fsp3) is 0.0909. The number of fused-ring (bicyclic) bond motifs is 1. The number of hydrogen-bond donors (Lipinski definition) is 3. The molecule has 2 aromatic rings. The number of nitrogens with one attached hydrogen (secondary N) is 1. The molecule has 0 amide bonds. The molecule has 0 fully saturated rings. The second-order valence-corrected chi connectivity index (χ2v) is 4.93. The van der Waals surface area contributed by atoms with Crippen LogP contribution >= 0.6 is 11.3 Å². The van der Waals surface area contributed by atoms with Crippen molar-refractivity contribution in [2.24, 2.45) is 26.8 Å². The van der Waals surface area contributed by atoms with E-state index < -0.39 is 0 Å². The lowest BCUT2D eigenvalue weighted by Crippen LogP contribution is -2.32. The third-order valence-corrected chi connectivity index (χ3v) is 3.55. The van der Waals surface area contributed by atoms with Gasteiger partial charge in [0, 0.05) is 6.07 Å². The predicted octanol–water partition coefficient (Wildman–Crippen LogP) is 0.716. The lowest BCUT2D eigenvalue weighted by Gasteiger charge is -1.97. The first-order chi connectivity index (χ1) is 9.67. The monoisotopic (exact) mass is 289 g/mol. The van der Waals surface area contributed by atoms with Gasteiger partial charge in [-0.05, 0) is 12.1 Å². The molecule has 0 saturated carbocycles. The van der Waals surface area contributed by atoms with Crippen LogP contribution in [0.1, 0.15) is 0 Å². The van der Waals surface area contributed by atoms with Crippen LogP contribution in [-0.4, -0.2) is 29.5 Å². The Bertz CT molecular complexity index is 741. The summed E-state index contributed by atoms with van der Waals surface area (Å²) in [6.45, 7) is 0. The third-order valence-electron chi connectivity index (χ3n) is 2.61. The summed E-state index contributed by atoms with van der Waals surface area (Å²) < 4.78 is 6.17. The van der Waals surface area contributed by atoms with E-state index in [1.807, 2.05) is 18.2 Å². The summed E-state index contributed by atoms with van der Waals surface area (Å²) in [5.41, 5.74) is 15.1. The molecule has 3 rings (SSSR count). The van der Waals surface area contributed by atoms with E-state index in [0.717, 1.165) is 16.0 Å². The van der Waals surface area contributed by atoms with E-state index in [4.69, 9.17) is 16.2 Å². The highest BCUT2D eigenvalue weighted by Gasteiger charge is 2.16. The van der Waals surface area contributed by atoms with Gasteiger partial charge in [0.05, 0.1) is 17.3 Å². The van der Waals surface area contributed by atoms with Crippen LogP contribution in [0.4, 0.5) is 5.13 Å². The highest BCUT2D eigenvalue weighted by atomic mass is 32.1. The van der Waals surface area contributed by atoms with Gasteiger partial charge in [-0.2, -0.15) is 5.10 Å². The molecular weight excluding hydrogens is 278 g/mol. The Labute approximate surface area is 117 Å². The van der Waals surface area contributed by atoms with Crippen molar-refractivity contribution in [3.8, 4) is 5.75 Å². The molecule has 102 valence electrons. The van der Waals surface area contributed by atoms with Crippen LogP contribution in [0.5, 0.6) is 5.75 Å². The number of benzene rings is 1. The minimum atomic E-state index is 0.179. The van der Waals surface area contributed by atoms with Crippen molar-refractivity contribution in [3.05, 3.63) is 18.2 Å². The molecule has 8 nitrogen and oxygen atoms in total. The van der Waals surface area contributed by atoms with Gasteiger partial charge in [-0.25, -0.2) is 4.98 Å². The number of nitrogens with zero attached hydrogens (tertiary/aromatic N) is 4. The van der Waals surface area contributed by atoms with Crippen LogP contribution in [-0.2, 0) is 0 Å². The van der Waals surface area contributed by atoms with Gasteiger partial charge in [-0.15, -0.1) is 10.2 Å². The zero-order valence-corrected chi connectivity index (χ0v) is 11.3. The summed E-state index contributed by atoms with van der Waals surface area (Å²) >= 11 is 1.46. The average Bonchev–Trinajstić information content (AvgIpc) is 2.99. The zero-order chi connectivity index (χ0) is 14.1. The molecule has 9 heteroatoms. The zero-order valence-electron chi connectivity index (χ0n) is 10.5. The van der Waals surface area contributed by atoms with E-state index in [1.165, 1.54) is 11.3 Å². The van der Waals surface area contributed by atoms with Gasteiger partial charge in [0.25, 0.3) is 0 Å². The van der Waals surface area contributed by atoms with Crippen LogP contribution < -0.4 is 21.6 Å². The molecule has 1 aromatic carbocycles. The van der Waals surface area contributed by atoms with Crippen LogP contribution in [0, 0.1) is 0 Å². The summed E-state index contributed by atoms with van der Waals surface area (Å²) in [7, 11) is 1.61. The number of methoxy groups -OCH3 is 1. The van der Waals surface area contributed by atoms with Crippen molar-refractivity contribution in [3.63, 3.8) is 0 Å². The van der Waals surface area contributed by atoms with Crippen molar-refractivity contribution in [2.45, 2.75) is 0 Å². The van der Waals surface area contributed by atoms with Gasteiger partial charge in [0.1, 0.15) is 5.75 Å². The third kappa shape index (κ3) is 2.14. The second kappa shape index (κ2) is 4.78. The Balaban J connectivity index is 1.87. The lowest BCUT2D eigenvalue weighted by atomic mass is 10.3. The maximum Gasteiger partial charge on any atom is 0.204 e. The molecule has 0 radical (unpaired) electrons. The van der Waals surface area contributed by atoms with Crippen LogP contribution in [0.3, 0.4) is 0 Å². The highest BCUT2D eigenvalue weighted by Crippen LogP contribution is 2.28. The fourth-order valence-electron chi connectivity index (χ4n) is 1.63. The number of hydrazone groups is 1. The van der Waals surface area contributed by atoms with E-state index in [2.05, 4.69) is 25.7 Å². The molecule has 2 heterocycles. The van der Waals surface area contributed by atoms with E-state index in [0.29, 0.717) is 10.8 Å². The van der Waals surface area contributed by atoms with Gasteiger partial charge < -0.3 is 16.2 Å². The van der Waals surface area contributed by atoms with Gasteiger partial charge >= 0.3 is 0 Å². The smallest absolute Gasteiger partial charge is 0.204 e. The minimum Gasteiger partial charge on any atom is -0.497 e. The minimum absolute atomic E-state index is 0.179. The Morgan fingerprint density at radius 2 is 2.00 bits per heavy atom. The molecule has 1 aromatic heterocycles. The summed E-state index contributed by atoms with van der Waals surface area (Å²) in [6, 6.07) is 5.67. The van der Waals surface area contributed by atoms with Crippen LogP contribution in [0.25, 0.3) is 10.2 Å². The summed E-state index contributed by atoms with van der Waals surface area (Å²) in [5, 5.41) is 11.9. The molecule has 0 aliphatic carbocycles. The maximum atomic E-state index is 5.60. The average molecular weight is 289 g/mol. The van der Waals surface area contributed by atoms with E-state index in [1.54, 1.807) is 7.11 Å². The highest BCUT2D eigenvalue weighted by molar-refractivity contribution is 7.22. The first kappa shape index (κ1) is 12.4. The molecule has 20 heavy (non-hydrogen) atoms. The molecule has 0 saturated heterocycles. The van der Waals surface area contributed by atoms with Crippen molar-refractivity contribution in [1.29, 1.82) is 0 Å². The van der Waals surface area contributed by atoms with Crippen LogP contribution in [0.2, 0.25) is 0 Å². The summed E-state index contributed by atoms with van der Waals surface area (Å²) in [4.78, 5) is 4.39. The summed E-state index contributed by atoms with van der Waals surface area (Å²) in [5.74, 6) is 1.11.